The molecule has 0 N–H and O–H groups in total. The van der Waals surface area contributed by atoms with Crippen LogP contribution in [0.1, 0.15) is 39.9 Å². The van der Waals surface area contributed by atoms with Crippen molar-refractivity contribution in [1.82, 2.24) is 14.8 Å². The largest absolute Gasteiger partial charge is 0.342 e. The quantitative estimate of drug-likeness (QED) is 0.688. The summed E-state index contributed by atoms with van der Waals surface area (Å²) in [6, 6.07) is 7.68. The fourth-order valence-electron chi connectivity index (χ4n) is 3.14. The third-order valence-corrected chi connectivity index (χ3v) is 6.68. The molecule has 2 aromatic rings. The number of hydrogen-bond acceptors (Lipinski definition) is 5. The first-order valence-corrected chi connectivity index (χ1v) is 10.9. The first kappa shape index (κ1) is 19.9. The normalized spacial score (nSPS) is 15.0. The lowest BCUT2D eigenvalue weighted by Crippen LogP contribution is -2.34. The predicted octanol–water partition coefficient (Wildman–Crippen LogP) is 3.83. The second-order valence-electron chi connectivity index (χ2n) is 6.82. The lowest BCUT2D eigenvalue weighted by atomic mass is 10.2. The lowest BCUT2D eigenvalue weighted by molar-refractivity contribution is -0.129. The van der Waals surface area contributed by atoms with Gasteiger partial charge in [-0.25, -0.2) is 4.98 Å². The number of thioether (sulfide) groups is 1. The maximum atomic E-state index is 13.0. The summed E-state index contributed by atoms with van der Waals surface area (Å²) in [6.45, 7) is 6.19. The van der Waals surface area contributed by atoms with Crippen LogP contribution >= 0.6 is 23.1 Å². The number of nitrogens with zero attached hydrogens (tertiary/aromatic N) is 3. The van der Waals surface area contributed by atoms with Crippen molar-refractivity contribution >= 4 is 34.9 Å². The number of carbonyl (C=O) groups excluding carboxylic acids is 2. The summed E-state index contributed by atoms with van der Waals surface area (Å²) in [5, 5.41) is 0.367. The van der Waals surface area contributed by atoms with Gasteiger partial charge in [0.1, 0.15) is 5.03 Å². The Morgan fingerprint density at radius 2 is 2.04 bits per heavy atom. The van der Waals surface area contributed by atoms with Crippen molar-refractivity contribution in [3.8, 4) is 0 Å². The Morgan fingerprint density at radius 3 is 2.70 bits per heavy atom. The number of amides is 2. The minimum atomic E-state index is -0.255. The highest BCUT2D eigenvalue weighted by Crippen LogP contribution is 2.28. The number of likely N-dealkylation sites (tertiary alicyclic amines) is 1. The Kier molecular flexibility index (Phi) is 6.55. The maximum Gasteiger partial charge on any atom is 0.256 e. The Balaban J connectivity index is 1.70. The molecule has 2 amide bonds. The molecule has 1 aliphatic rings. The minimum absolute atomic E-state index is 0.0718. The minimum Gasteiger partial charge on any atom is -0.342 e. The molecule has 1 fully saturated rings. The first-order valence-electron chi connectivity index (χ1n) is 9.17. The topological polar surface area (TPSA) is 53.5 Å². The second kappa shape index (κ2) is 8.89. The zero-order valence-corrected chi connectivity index (χ0v) is 17.6. The van der Waals surface area contributed by atoms with Crippen LogP contribution in [-0.2, 0) is 11.3 Å². The van der Waals surface area contributed by atoms with Gasteiger partial charge in [0.15, 0.2) is 0 Å². The second-order valence-corrected chi connectivity index (χ2v) is 9.52. The fraction of sp³-hybridized carbons (Fsp3) is 0.450. The van der Waals surface area contributed by atoms with E-state index in [1.165, 1.54) is 16.6 Å². The zero-order valence-electron chi connectivity index (χ0n) is 16.0. The SMILES string of the molecule is Cc1ccc(CN(C)C(=O)c2cccnc2SC(C)C(=O)N2CCCC2)s1. The van der Waals surface area contributed by atoms with E-state index in [9.17, 15) is 9.59 Å². The van der Waals surface area contributed by atoms with Gasteiger partial charge in [-0.2, -0.15) is 0 Å². The van der Waals surface area contributed by atoms with Gasteiger partial charge in [0.05, 0.1) is 17.4 Å². The molecule has 5 nitrogen and oxygen atoms in total. The monoisotopic (exact) mass is 403 g/mol. The number of pyridine rings is 1. The summed E-state index contributed by atoms with van der Waals surface area (Å²) in [7, 11) is 1.80. The molecule has 27 heavy (non-hydrogen) atoms. The van der Waals surface area contributed by atoms with Gasteiger partial charge in [-0.15, -0.1) is 11.3 Å². The predicted molar refractivity (Wildman–Crippen MR) is 110 cm³/mol. The molecule has 0 bridgehead atoms. The first-order chi connectivity index (χ1) is 13.0. The molecule has 0 radical (unpaired) electrons. The number of thiophene rings is 1. The molecule has 1 aliphatic heterocycles. The van der Waals surface area contributed by atoms with Gasteiger partial charge < -0.3 is 9.80 Å². The summed E-state index contributed by atoms with van der Waals surface area (Å²) < 4.78 is 0. The number of carbonyl (C=O) groups is 2. The summed E-state index contributed by atoms with van der Waals surface area (Å²) in [4.78, 5) is 36.0. The van der Waals surface area contributed by atoms with Crippen LogP contribution in [0.4, 0.5) is 0 Å². The Bertz CT molecular complexity index is 815. The van der Waals surface area contributed by atoms with Crippen LogP contribution in [0.15, 0.2) is 35.5 Å². The van der Waals surface area contributed by atoms with Crippen molar-refractivity contribution < 1.29 is 9.59 Å². The molecular formula is C20H25N3O2S2. The van der Waals surface area contributed by atoms with Crippen LogP contribution in [0.2, 0.25) is 0 Å². The van der Waals surface area contributed by atoms with E-state index in [0.29, 0.717) is 17.1 Å². The van der Waals surface area contributed by atoms with Gasteiger partial charge in [-0.05, 0) is 51.0 Å². The number of rotatable bonds is 6. The summed E-state index contributed by atoms with van der Waals surface area (Å²) in [5.41, 5.74) is 0.555. The van der Waals surface area contributed by atoms with E-state index in [1.54, 1.807) is 41.6 Å². The molecule has 0 aliphatic carbocycles. The molecule has 1 saturated heterocycles. The summed E-state index contributed by atoms with van der Waals surface area (Å²) in [5.74, 6) is 0.0569. The third-order valence-electron chi connectivity index (χ3n) is 4.59. The highest BCUT2D eigenvalue weighted by Gasteiger charge is 2.26. The molecule has 0 spiro atoms. The molecule has 0 aromatic carbocycles. The van der Waals surface area contributed by atoms with E-state index >= 15 is 0 Å². The van der Waals surface area contributed by atoms with Gasteiger partial charge in [-0.3, -0.25) is 9.59 Å². The van der Waals surface area contributed by atoms with E-state index in [0.717, 1.165) is 30.8 Å². The Morgan fingerprint density at radius 1 is 1.30 bits per heavy atom. The molecule has 7 heteroatoms. The highest BCUT2D eigenvalue weighted by molar-refractivity contribution is 8.00. The molecule has 3 rings (SSSR count). The average Bonchev–Trinajstić information content (AvgIpc) is 3.33. The van der Waals surface area contributed by atoms with Gasteiger partial charge in [0, 0.05) is 36.1 Å². The summed E-state index contributed by atoms with van der Waals surface area (Å²) in [6.07, 6.45) is 3.82. The Hall–Kier alpha value is -1.86. The van der Waals surface area contributed by atoms with Crippen molar-refractivity contribution in [2.75, 3.05) is 20.1 Å². The van der Waals surface area contributed by atoms with E-state index in [4.69, 9.17) is 0 Å². The van der Waals surface area contributed by atoms with E-state index in [1.807, 2.05) is 11.8 Å². The van der Waals surface area contributed by atoms with Crippen molar-refractivity contribution in [3.63, 3.8) is 0 Å². The van der Waals surface area contributed by atoms with E-state index < -0.39 is 0 Å². The van der Waals surface area contributed by atoms with Crippen LogP contribution in [-0.4, -0.2) is 52.0 Å². The number of aromatic nitrogens is 1. The molecular weight excluding hydrogens is 378 g/mol. The smallest absolute Gasteiger partial charge is 0.256 e. The van der Waals surface area contributed by atoms with E-state index in [-0.39, 0.29) is 17.1 Å². The van der Waals surface area contributed by atoms with Crippen molar-refractivity contribution in [3.05, 3.63) is 45.8 Å². The molecule has 2 aromatic heterocycles. The summed E-state index contributed by atoms with van der Waals surface area (Å²) >= 11 is 3.07. The molecule has 3 heterocycles. The van der Waals surface area contributed by atoms with Crippen molar-refractivity contribution in [2.45, 2.75) is 43.5 Å². The van der Waals surface area contributed by atoms with Crippen LogP contribution < -0.4 is 0 Å². The van der Waals surface area contributed by atoms with Gasteiger partial charge in [-0.1, -0.05) is 11.8 Å². The standard InChI is InChI=1S/C20H25N3O2S2/c1-14-8-9-16(26-14)13-22(3)20(25)17-7-6-10-21-18(17)27-15(2)19(24)23-11-4-5-12-23/h6-10,15H,4-5,11-13H2,1-3H3. The van der Waals surface area contributed by atoms with Crippen molar-refractivity contribution in [1.29, 1.82) is 0 Å². The molecule has 144 valence electrons. The van der Waals surface area contributed by atoms with Crippen LogP contribution in [0.3, 0.4) is 0 Å². The zero-order chi connectivity index (χ0) is 19.4. The van der Waals surface area contributed by atoms with Crippen LogP contribution in [0, 0.1) is 6.92 Å². The Labute approximate surface area is 168 Å². The van der Waals surface area contributed by atoms with Gasteiger partial charge >= 0.3 is 0 Å². The lowest BCUT2D eigenvalue weighted by Gasteiger charge is -2.21. The fourth-order valence-corrected chi connectivity index (χ4v) is 5.07. The number of hydrogen-bond donors (Lipinski definition) is 0. The van der Waals surface area contributed by atoms with Crippen molar-refractivity contribution in [2.24, 2.45) is 0 Å². The van der Waals surface area contributed by atoms with Gasteiger partial charge in [0.25, 0.3) is 5.91 Å². The maximum absolute atomic E-state index is 13.0. The molecule has 1 atom stereocenters. The number of aryl methyl sites for hydroxylation is 1. The molecule has 1 unspecified atom stereocenters. The average molecular weight is 404 g/mol. The van der Waals surface area contributed by atoms with Gasteiger partial charge in [0.2, 0.25) is 5.91 Å². The highest BCUT2D eigenvalue weighted by atomic mass is 32.2. The molecule has 0 saturated carbocycles. The third kappa shape index (κ3) is 4.90. The van der Waals surface area contributed by atoms with Crippen LogP contribution in [0.5, 0.6) is 0 Å². The van der Waals surface area contributed by atoms with E-state index in [2.05, 4.69) is 24.0 Å². The van der Waals surface area contributed by atoms with Crippen LogP contribution in [0.25, 0.3) is 0 Å².